The van der Waals surface area contributed by atoms with E-state index in [4.69, 9.17) is 4.42 Å². The smallest absolute Gasteiger partial charge is 0.336 e. The molecule has 4 heteroatoms. The average molecular weight is 323 g/mol. The molecule has 1 unspecified atom stereocenters. The number of phenols is 1. The Hall–Kier alpha value is -2.59. The summed E-state index contributed by atoms with van der Waals surface area (Å²) in [5, 5.41) is 10.7. The number of rotatable bonds is 4. The number of phenolic OH excluding ortho intramolecular Hbond substituents is 1. The molecule has 1 aromatic heterocycles. The molecule has 4 nitrogen and oxygen atoms in total. The van der Waals surface area contributed by atoms with Gasteiger partial charge in [0.2, 0.25) is 0 Å². The molecule has 0 spiro atoms. The van der Waals surface area contributed by atoms with Gasteiger partial charge >= 0.3 is 5.63 Å². The number of hydrogen-bond acceptors (Lipinski definition) is 4. The Morgan fingerprint density at radius 1 is 1.17 bits per heavy atom. The molecule has 0 aliphatic heterocycles. The van der Waals surface area contributed by atoms with Crippen LogP contribution in [0, 0.1) is 6.92 Å². The van der Waals surface area contributed by atoms with E-state index in [2.05, 4.69) is 24.0 Å². The standard InChI is InChI=1S/C20H21NO3/c1-13-18(22)10-9-17-16(11-19(23)24-20(13)17)12-21(3)14(2)15-7-5-4-6-8-15/h4-11,14,22H,12H2,1-3H3. The molecule has 0 radical (unpaired) electrons. The molecule has 1 heterocycles. The molecule has 3 aromatic rings. The summed E-state index contributed by atoms with van der Waals surface area (Å²) in [5.41, 5.74) is 2.77. The van der Waals surface area contributed by atoms with Crippen molar-refractivity contribution in [3.63, 3.8) is 0 Å². The van der Waals surface area contributed by atoms with Crippen LogP contribution in [0.1, 0.15) is 29.7 Å². The molecule has 1 atom stereocenters. The fraction of sp³-hybridized carbons (Fsp3) is 0.250. The van der Waals surface area contributed by atoms with Gasteiger partial charge in [-0.05, 0) is 44.2 Å². The van der Waals surface area contributed by atoms with Crippen LogP contribution in [0.15, 0.2) is 57.7 Å². The molecule has 24 heavy (non-hydrogen) atoms. The van der Waals surface area contributed by atoms with Gasteiger partial charge in [-0.15, -0.1) is 0 Å². The highest BCUT2D eigenvalue weighted by Gasteiger charge is 2.16. The maximum Gasteiger partial charge on any atom is 0.336 e. The van der Waals surface area contributed by atoms with E-state index in [9.17, 15) is 9.90 Å². The third-order valence-corrected chi connectivity index (χ3v) is 4.58. The summed E-state index contributed by atoms with van der Waals surface area (Å²) in [6, 6.07) is 15.4. The van der Waals surface area contributed by atoms with E-state index in [-0.39, 0.29) is 11.8 Å². The third kappa shape index (κ3) is 3.05. The van der Waals surface area contributed by atoms with Crippen molar-refractivity contribution in [1.82, 2.24) is 4.90 Å². The van der Waals surface area contributed by atoms with Gasteiger partial charge < -0.3 is 9.52 Å². The molecule has 0 saturated heterocycles. The minimum atomic E-state index is -0.396. The Morgan fingerprint density at radius 2 is 1.88 bits per heavy atom. The lowest BCUT2D eigenvalue weighted by atomic mass is 10.0. The maximum atomic E-state index is 11.9. The summed E-state index contributed by atoms with van der Waals surface area (Å²) in [7, 11) is 2.03. The fourth-order valence-corrected chi connectivity index (χ4v) is 2.94. The van der Waals surface area contributed by atoms with Gasteiger partial charge in [-0.3, -0.25) is 4.90 Å². The summed E-state index contributed by atoms with van der Waals surface area (Å²) in [6.07, 6.45) is 0. The molecule has 0 aliphatic rings. The normalized spacial score (nSPS) is 12.7. The summed E-state index contributed by atoms with van der Waals surface area (Å²) in [6.45, 7) is 4.50. The van der Waals surface area contributed by atoms with Gasteiger partial charge in [0.15, 0.2) is 0 Å². The van der Waals surface area contributed by atoms with E-state index in [1.54, 1.807) is 19.1 Å². The number of fused-ring (bicyclic) bond motifs is 1. The number of benzene rings is 2. The highest BCUT2D eigenvalue weighted by Crippen LogP contribution is 2.29. The Balaban J connectivity index is 1.98. The first-order chi connectivity index (χ1) is 11.5. The topological polar surface area (TPSA) is 53.7 Å². The second-order valence-electron chi connectivity index (χ2n) is 6.18. The molecule has 1 N–H and O–H groups in total. The van der Waals surface area contributed by atoms with Crippen LogP contribution in [0.25, 0.3) is 11.0 Å². The fourth-order valence-electron chi connectivity index (χ4n) is 2.94. The van der Waals surface area contributed by atoms with Gasteiger partial charge in [-0.25, -0.2) is 4.79 Å². The lowest BCUT2D eigenvalue weighted by Crippen LogP contribution is -2.22. The van der Waals surface area contributed by atoms with E-state index in [0.717, 1.165) is 10.9 Å². The molecule has 0 saturated carbocycles. The Bertz CT molecular complexity index is 915. The van der Waals surface area contributed by atoms with Crippen molar-refractivity contribution in [2.75, 3.05) is 7.05 Å². The van der Waals surface area contributed by atoms with Crippen molar-refractivity contribution >= 4 is 11.0 Å². The molecule has 0 amide bonds. The van der Waals surface area contributed by atoms with Gasteiger partial charge in [0, 0.05) is 29.6 Å². The van der Waals surface area contributed by atoms with Crippen LogP contribution in [0.2, 0.25) is 0 Å². The van der Waals surface area contributed by atoms with Crippen molar-refractivity contribution in [1.29, 1.82) is 0 Å². The highest BCUT2D eigenvalue weighted by atomic mass is 16.4. The predicted molar refractivity (Wildman–Crippen MR) is 95.2 cm³/mol. The minimum absolute atomic E-state index is 0.133. The molecule has 0 fully saturated rings. The number of nitrogens with zero attached hydrogens (tertiary/aromatic N) is 1. The Kier molecular flexibility index (Phi) is 4.40. The SMILES string of the molecule is Cc1c(O)ccc2c(CN(C)C(C)c3ccccc3)cc(=O)oc12. The van der Waals surface area contributed by atoms with Crippen LogP contribution >= 0.6 is 0 Å². The molecular formula is C20H21NO3. The summed E-state index contributed by atoms with van der Waals surface area (Å²) in [5.74, 6) is 0.133. The zero-order valence-electron chi connectivity index (χ0n) is 14.1. The maximum absolute atomic E-state index is 11.9. The van der Waals surface area contributed by atoms with Crippen LogP contribution in [0.5, 0.6) is 5.75 Å². The van der Waals surface area contributed by atoms with Gasteiger partial charge in [-0.2, -0.15) is 0 Å². The summed E-state index contributed by atoms with van der Waals surface area (Å²) in [4.78, 5) is 14.1. The van der Waals surface area contributed by atoms with Crippen molar-refractivity contribution in [2.24, 2.45) is 0 Å². The first-order valence-electron chi connectivity index (χ1n) is 7.98. The van der Waals surface area contributed by atoms with Crippen molar-refractivity contribution in [3.05, 3.63) is 75.6 Å². The second kappa shape index (κ2) is 6.49. The van der Waals surface area contributed by atoms with E-state index in [1.807, 2.05) is 25.2 Å². The first kappa shape index (κ1) is 16.3. The third-order valence-electron chi connectivity index (χ3n) is 4.58. The highest BCUT2D eigenvalue weighted by molar-refractivity contribution is 5.84. The number of hydrogen-bond donors (Lipinski definition) is 1. The molecule has 0 bridgehead atoms. The van der Waals surface area contributed by atoms with Crippen molar-refractivity contribution in [2.45, 2.75) is 26.4 Å². The average Bonchev–Trinajstić information content (AvgIpc) is 2.58. The number of aryl methyl sites for hydroxylation is 1. The largest absolute Gasteiger partial charge is 0.508 e. The zero-order chi connectivity index (χ0) is 17.3. The summed E-state index contributed by atoms with van der Waals surface area (Å²) < 4.78 is 5.31. The first-order valence-corrected chi connectivity index (χ1v) is 7.98. The van der Waals surface area contributed by atoms with Crippen molar-refractivity contribution in [3.8, 4) is 5.75 Å². The van der Waals surface area contributed by atoms with Crippen molar-refractivity contribution < 1.29 is 9.52 Å². The van der Waals surface area contributed by atoms with E-state index < -0.39 is 5.63 Å². The quantitative estimate of drug-likeness (QED) is 0.737. The lowest BCUT2D eigenvalue weighted by Gasteiger charge is -2.25. The number of aromatic hydroxyl groups is 1. The molecule has 3 rings (SSSR count). The second-order valence-corrected chi connectivity index (χ2v) is 6.18. The van der Waals surface area contributed by atoms with E-state index >= 15 is 0 Å². The van der Waals surface area contributed by atoms with E-state index in [0.29, 0.717) is 17.7 Å². The van der Waals surface area contributed by atoms with Crippen LogP contribution in [0.3, 0.4) is 0 Å². The Morgan fingerprint density at radius 3 is 2.58 bits per heavy atom. The van der Waals surface area contributed by atoms with Crippen LogP contribution in [0.4, 0.5) is 0 Å². The van der Waals surface area contributed by atoms with Crippen LogP contribution in [-0.4, -0.2) is 17.1 Å². The summed E-state index contributed by atoms with van der Waals surface area (Å²) >= 11 is 0. The van der Waals surface area contributed by atoms with Gasteiger partial charge in [0.25, 0.3) is 0 Å². The Labute approximate surface area is 141 Å². The molecular weight excluding hydrogens is 302 g/mol. The predicted octanol–water partition coefficient (Wildman–Crippen LogP) is 4.00. The van der Waals surface area contributed by atoms with Gasteiger partial charge in [0.1, 0.15) is 11.3 Å². The monoisotopic (exact) mass is 323 g/mol. The van der Waals surface area contributed by atoms with Crippen LogP contribution in [-0.2, 0) is 6.54 Å². The molecule has 2 aromatic carbocycles. The lowest BCUT2D eigenvalue weighted by molar-refractivity contribution is 0.253. The zero-order valence-corrected chi connectivity index (χ0v) is 14.1. The minimum Gasteiger partial charge on any atom is -0.508 e. The molecule has 0 aliphatic carbocycles. The molecule has 124 valence electrons. The van der Waals surface area contributed by atoms with E-state index in [1.165, 1.54) is 11.6 Å². The van der Waals surface area contributed by atoms with Crippen LogP contribution < -0.4 is 5.63 Å². The van der Waals surface area contributed by atoms with Gasteiger partial charge in [-0.1, -0.05) is 30.3 Å². The van der Waals surface area contributed by atoms with Gasteiger partial charge in [0.05, 0.1) is 0 Å².